The largest absolute Gasteiger partial charge is 0.327 e. The summed E-state index contributed by atoms with van der Waals surface area (Å²) in [5, 5.41) is 0. The molecule has 0 spiro atoms. The average molecular weight is 197 g/mol. The van der Waals surface area contributed by atoms with Gasteiger partial charge in [0.2, 0.25) is 0 Å². The molecule has 1 aliphatic carbocycles. The third-order valence-corrected chi connectivity index (χ3v) is 3.85. The summed E-state index contributed by atoms with van der Waals surface area (Å²) in [6.45, 7) is 9.35. The molecule has 2 unspecified atom stereocenters. The molecule has 1 aliphatic rings. The van der Waals surface area contributed by atoms with Gasteiger partial charge >= 0.3 is 0 Å². The monoisotopic (exact) mass is 197 g/mol. The van der Waals surface area contributed by atoms with Crippen LogP contribution in [0.4, 0.5) is 0 Å². The van der Waals surface area contributed by atoms with Gasteiger partial charge in [-0.2, -0.15) is 0 Å². The predicted octanol–water partition coefficient (Wildman–Crippen LogP) is 3.58. The summed E-state index contributed by atoms with van der Waals surface area (Å²) in [5.41, 5.74) is 6.80. The van der Waals surface area contributed by atoms with Crippen molar-refractivity contribution in [1.29, 1.82) is 0 Å². The Balaban J connectivity index is 2.55. The van der Waals surface area contributed by atoms with Crippen LogP contribution < -0.4 is 5.73 Å². The van der Waals surface area contributed by atoms with Gasteiger partial charge in [-0.1, -0.05) is 40.5 Å². The molecule has 0 radical (unpaired) electrons. The highest BCUT2D eigenvalue weighted by molar-refractivity contribution is 4.89. The van der Waals surface area contributed by atoms with Gasteiger partial charge in [0.25, 0.3) is 0 Å². The lowest BCUT2D eigenvalue weighted by Gasteiger charge is -2.42. The lowest BCUT2D eigenvalue weighted by molar-refractivity contribution is 0.105. The molecule has 0 aromatic heterocycles. The maximum atomic E-state index is 6.32. The van der Waals surface area contributed by atoms with Gasteiger partial charge < -0.3 is 5.73 Å². The van der Waals surface area contributed by atoms with E-state index in [4.69, 9.17) is 5.73 Å². The van der Waals surface area contributed by atoms with E-state index in [0.29, 0.717) is 11.5 Å². The summed E-state index contributed by atoms with van der Waals surface area (Å²) in [6, 6.07) is 0.422. The first-order chi connectivity index (χ1) is 6.43. The van der Waals surface area contributed by atoms with E-state index < -0.39 is 0 Å². The fourth-order valence-corrected chi connectivity index (χ4v) is 3.02. The second-order valence-corrected chi connectivity index (χ2v) is 6.13. The molecule has 1 fully saturated rings. The van der Waals surface area contributed by atoms with E-state index in [-0.39, 0.29) is 0 Å². The minimum Gasteiger partial charge on any atom is -0.327 e. The SMILES string of the molecule is CC(C)CC(N)C1CCCCC1(C)C. The number of nitrogens with two attached hydrogens (primary N) is 1. The molecule has 1 nitrogen and oxygen atoms in total. The Hall–Kier alpha value is -0.0400. The highest BCUT2D eigenvalue weighted by Gasteiger charge is 2.35. The summed E-state index contributed by atoms with van der Waals surface area (Å²) >= 11 is 0. The molecule has 0 aliphatic heterocycles. The molecule has 1 rings (SSSR count). The molecule has 14 heavy (non-hydrogen) atoms. The van der Waals surface area contributed by atoms with Crippen LogP contribution in [0.5, 0.6) is 0 Å². The van der Waals surface area contributed by atoms with E-state index >= 15 is 0 Å². The maximum Gasteiger partial charge on any atom is 0.00746 e. The molecule has 0 aromatic rings. The third kappa shape index (κ3) is 2.98. The summed E-state index contributed by atoms with van der Waals surface area (Å²) in [6.07, 6.45) is 6.69. The summed E-state index contributed by atoms with van der Waals surface area (Å²) in [7, 11) is 0. The van der Waals surface area contributed by atoms with E-state index in [0.717, 1.165) is 11.8 Å². The Kier molecular flexibility index (Phi) is 4.00. The van der Waals surface area contributed by atoms with E-state index in [9.17, 15) is 0 Å². The average Bonchev–Trinajstić information content (AvgIpc) is 2.01. The standard InChI is InChI=1S/C13H27N/c1-10(2)9-12(14)11-7-5-6-8-13(11,3)4/h10-12H,5-9,14H2,1-4H3. The fraction of sp³-hybridized carbons (Fsp3) is 1.00. The molecule has 2 atom stereocenters. The predicted molar refractivity (Wildman–Crippen MR) is 63.2 cm³/mol. The van der Waals surface area contributed by atoms with Crippen molar-refractivity contribution in [3.8, 4) is 0 Å². The molecule has 0 heterocycles. The van der Waals surface area contributed by atoms with Gasteiger partial charge in [0, 0.05) is 6.04 Å². The van der Waals surface area contributed by atoms with Crippen molar-refractivity contribution >= 4 is 0 Å². The molecule has 1 saturated carbocycles. The van der Waals surface area contributed by atoms with Crippen LogP contribution in [0, 0.1) is 17.3 Å². The van der Waals surface area contributed by atoms with Crippen LogP contribution in [0.15, 0.2) is 0 Å². The second-order valence-electron chi connectivity index (χ2n) is 6.13. The van der Waals surface area contributed by atoms with Gasteiger partial charge in [0.15, 0.2) is 0 Å². The van der Waals surface area contributed by atoms with E-state index in [1.807, 2.05) is 0 Å². The minimum absolute atomic E-state index is 0.422. The van der Waals surface area contributed by atoms with Crippen LogP contribution >= 0.6 is 0 Å². The van der Waals surface area contributed by atoms with Crippen molar-refractivity contribution in [1.82, 2.24) is 0 Å². The van der Waals surface area contributed by atoms with Gasteiger partial charge in [-0.3, -0.25) is 0 Å². The van der Waals surface area contributed by atoms with Gasteiger partial charge in [-0.15, -0.1) is 0 Å². The van der Waals surface area contributed by atoms with Crippen LogP contribution in [0.1, 0.15) is 59.8 Å². The molecule has 84 valence electrons. The number of hydrogen-bond donors (Lipinski definition) is 1. The zero-order chi connectivity index (χ0) is 10.8. The second kappa shape index (κ2) is 4.65. The van der Waals surface area contributed by atoms with Crippen LogP contribution in [-0.4, -0.2) is 6.04 Å². The topological polar surface area (TPSA) is 26.0 Å². The van der Waals surface area contributed by atoms with Crippen molar-refractivity contribution < 1.29 is 0 Å². The van der Waals surface area contributed by atoms with E-state index in [2.05, 4.69) is 27.7 Å². The third-order valence-electron chi connectivity index (χ3n) is 3.85. The van der Waals surface area contributed by atoms with Crippen LogP contribution in [0.25, 0.3) is 0 Å². The normalized spacial score (nSPS) is 29.1. The fourth-order valence-electron chi connectivity index (χ4n) is 3.02. The zero-order valence-electron chi connectivity index (χ0n) is 10.3. The minimum atomic E-state index is 0.422. The molecule has 1 heteroatoms. The molecule has 2 N–H and O–H groups in total. The Labute approximate surface area is 89.5 Å². The van der Waals surface area contributed by atoms with Crippen LogP contribution in [0.2, 0.25) is 0 Å². The van der Waals surface area contributed by atoms with Gasteiger partial charge in [0.1, 0.15) is 0 Å². The summed E-state index contributed by atoms with van der Waals surface area (Å²) in [4.78, 5) is 0. The first-order valence-corrected chi connectivity index (χ1v) is 6.19. The summed E-state index contributed by atoms with van der Waals surface area (Å²) in [5.74, 6) is 1.49. The molecule has 0 amide bonds. The van der Waals surface area contributed by atoms with Crippen molar-refractivity contribution in [2.24, 2.45) is 23.0 Å². The van der Waals surface area contributed by atoms with Gasteiger partial charge in [-0.05, 0) is 36.5 Å². The maximum absolute atomic E-state index is 6.32. The number of hydrogen-bond acceptors (Lipinski definition) is 1. The van der Waals surface area contributed by atoms with Crippen LogP contribution in [0.3, 0.4) is 0 Å². The van der Waals surface area contributed by atoms with Gasteiger partial charge in [-0.25, -0.2) is 0 Å². The smallest absolute Gasteiger partial charge is 0.00746 e. The lowest BCUT2D eigenvalue weighted by atomic mass is 9.65. The first kappa shape index (κ1) is 12.0. The van der Waals surface area contributed by atoms with Crippen molar-refractivity contribution in [3.63, 3.8) is 0 Å². The highest BCUT2D eigenvalue weighted by Crippen LogP contribution is 2.42. The van der Waals surface area contributed by atoms with E-state index in [1.165, 1.54) is 32.1 Å². The Bertz CT molecular complexity index is 172. The molecule has 0 saturated heterocycles. The first-order valence-electron chi connectivity index (χ1n) is 6.19. The van der Waals surface area contributed by atoms with Crippen LogP contribution in [-0.2, 0) is 0 Å². The Morgan fingerprint density at radius 1 is 1.29 bits per heavy atom. The van der Waals surface area contributed by atoms with E-state index in [1.54, 1.807) is 0 Å². The zero-order valence-corrected chi connectivity index (χ0v) is 10.3. The molecular weight excluding hydrogens is 170 g/mol. The van der Waals surface area contributed by atoms with Gasteiger partial charge in [0.05, 0.1) is 0 Å². The quantitative estimate of drug-likeness (QED) is 0.735. The lowest BCUT2D eigenvalue weighted by Crippen LogP contribution is -2.42. The molecule has 0 aromatic carbocycles. The van der Waals surface area contributed by atoms with Crippen molar-refractivity contribution in [2.75, 3.05) is 0 Å². The molecular formula is C13H27N. The Morgan fingerprint density at radius 2 is 1.93 bits per heavy atom. The number of rotatable bonds is 3. The summed E-state index contributed by atoms with van der Waals surface area (Å²) < 4.78 is 0. The van der Waals surface area contributed by atoms with Crippen molar-refractivity contribution in [2.45, 2.75) is 65.8 Å². The van der Waals surface area contributed by atoms with Crippen molar-refractivity contribution in [3.05, 3.63) is 0 Å². The highest BCUT2D eigenvalue weighted by atomic mass is 14.7. The Morgan fingerprint density at radius 3 is 2.43 bits per heavy atom. The molecule has 0 bridgehead atoms.